The van der Waals surface area contributed by atoms with Crippen molar-refractivity contribution in [2.45, 2.75) is 6.42 Å². The predicted octanol–water partition coefficient (Wildman–Crippen LogP) is 1.25. The second-order valence-corrected chi connectivity index (χ2v) is 2.92. The molecule has 0 aliphatic rings. The Morgan fingerprint density at radius 2 is 2.50 bits per heavy atom. The Labute approximate surface area is 87.2 Å². The highest BCUT2D eigenvalue weighted by Crippen LogP contribution is 2.20. The summed E-state index contributed by atoms with van der Waals surface area (Å²) in [6, 6.07) is 3.43. The Morgan fingerprint density at radius 3 is 3.14 bits per heavy atom. The third kappa shape index (κ3) is 3.22. The van der Waals surface area contributed by atoms with E-state index in [1.54, 1.807) is 25.4 Å². The Hall–Kier alpha value is -1.29. The average molecular weight is 215 g/mol. The van der Waals surface area contributed by atoms with Gasteiger partial charge in [0.05, 0.1) is 13.0 Å². The fraction of sp³-hybridized carbons (Fsp3) is 0.333. The van der Waals surface area contributed by atoms with Gasteiger partial charge in [0.25, 0.3) is 0 Å². The Kier molecular flexibility index (Phi) is 4.19. The number of aromatic nitrogens is 1. The van der Waals surface area contributed by atoms with Crippen molar-refractivity contribution in [3.8, 4) is 5.75 Å². The molecule has 0 saturated heterocycles. The van der Waals surface area contributed by atoms with Gasteiger partial charge in [0.15, 0.2) is 10.9 Å². The molecule has 0 aliphatic heterocycles. The van der Waals surface area contributed by atoms with Gasteiger partial charge in [-0.2, -0.15) is 0 Å². The summed E-state index contributed by atoms with van der Waals surface area (Å²) in [6.45, 7) is 0.297. The molecule has 5 heteroatoms. The van der Waals surface area contributed by atoms with Crippen LogP contribution in [0.5, 0.6) is 5.75 Å². The Morgan fingerprint density at radius 1 is 1.71 bits per heavy atom. The van der Waals surface area contributed by atoms with Crippen LogP contribution in [0.3, 0.4) is 0 Å². The van der Waals surface area contributed by atoms with Crippen molar-refractivity contribution in [3.05, 3.63) is 23.5 Å². The summed E-state index contributed by atoms with van der Waals surface area (Å²) in [5, 5.41) is 2.81. The number of nitrogens with zero attached hydrogens (tertiary/aromatic N) is 1. The molecule has 1 heterocycles. The summed E-state index contributed by atoms with van der Waals surface area (Å²) in [4.78, 5) is 14.7. The number of hydrogen-bond acceptors (Lipinski definition) is 3. The smallest absolute Gasteiger partial charge is 0.223 e. The fourth-order valence-electron chi connectivity index (χ4n) is 0.858. The first kappa shape index (κ1) is 10.8. The highest BCUT2D eigenvalue weighted by molar-refractivity contribution is 6.30. The molecule has 1 N–H and O–H groups in total. The molecule has 0 aromatic carbocycles. The summed E-state index contributed by atoms with van der Waals surface area (Å²) >= 11 is 5.74. The molecule has 1 aromatic heterocycles. The normalized spacial score (nSPS) is 9.57. The van der Waals surface area contributed by atoms with Crippen LogP contribution in [-0.4, -0.2) is 24.5 Å². The average Bonchev–Trinajstić information content (AvgIpc) is 2.20. The number of nitrogens with one attached hydrogen (secondary N) is 1. The van der Waals surface area contributed by atoms with Gasteiger partial charge in [-0.3, -0.25) is 4.79 Å². The van der Waals surface area contributed by atoms with Crippen LogP contribution < -0.4 is 10.1 Å². The van der Waals surface area contributed by atoms with E-state index in [-0.39, 0.29) is 5.91 Å². The summed E-state index contributed by atoms with van der Waals surface area (Å²) in [5.74, 6) is 0.433. The van der Waals surface area contributed by atoms with Crippen molar-refractivity contribution in [1.82, 2.24) is 10.3 Å². The second-order valence-electron chi connectivity index (χ2n) is 2.56. The van der Waals surface area contributed by atoms with E-state index in [1.165, 1.54) is 0 Å². The van der Waals surface area contributed by atoms with Crippen LogP contribution in [0.2, 0.25) is 5.15 Å². The largest absolute Gasteiger partial charge is 0.490 e. The van der Waals surface area contributed by atoms with Crippen molar-refractivity contribution >= 4 is 17.5 Å². The quantitative estimate of drug-likeness (QED) is 0.768. The number of carbonyl (C=O) groups is 1. The van der Waals surface area contributed by atoms with Gasteiger partial charge in [0, 0.05) is 13.2 Å². The van der Waals surface area contributed by atoms with E-state index in [2.05, 4.69) is 10.3 Å². The molecule has 1 amide bonds. The lowest BCUT2D eigenvalue weighted by atomic mass is 10.4. The second kappa shape index (κ2) is 5.44. The molecule has 0 saturated carbocycles. The Bertz CT molecular complexity index is 317. The molecule has 0 spiro atoms. The third-order valence-corrected chi connectivity index (χ3v) is 1.87. The number of amides is 1. The zero-order valence-electron chi connectivity index (χ0n) is 7.79. The minimum atomic E-state index is -0.0648. The summed E-state index contributed by atoms with van der Waals surface area (Å²) in [5.41, 5.74) is 0. The zero-order chi connectivity index (χ0) is 10.4. The molecule has 1 rings (SSSR count). The lowest BCUT2D eigenvalue weighted by Gasteiger charge is -2.05. The minimum absolute atomic E-state index is 0.0648. The maximum Gasteiger partial charge on any atom is 0.223 e. The molecule has 1 aromatic rings. The number of halogens is 1. The molecule has 0 radical (unpaired) electrons. The first-order valence-corrected chi connectivity index (χ1v) is 4.55. The third-order valence-electron chi connectivity index (χ3n) is 1.59. The van der Waals surface area contributed by atoms with E-state index < -0.39 is 0 Å². The molecular weight excluding hydrogens is 204 g/mol. The standard InChI is InChI=1S/C9H11ClN2O2/c1-11-8(13)4-6-14-7-3-2-5-12-9(7)10/h2-3,5H,4,6H2,1H3,(H,11,13). The topological polar surface area (TPSA) is 51.2 Å². The maximum absolute atomic E-state index is 10.8. The maximum atomic E-state index is 10.8. The van der Waals surface area contributed by atoms with Crippen molar-refractivity contribution in [2.75, 3.05) is 13.7 Å². The highest BCUT2D eigenvalue weighted by atomic mass is 35.5. The highest BCUT2D eigenvalue weighted by Gasteiger charge is 2.02. The minimum Gasteiger partial charge on any atom is -0.490 e. The molecule has 0 aliphatic carbocycles. The van der Waals surface area contributed by atoms with Gasteiger partial charge in [-0.25, -0.2) is 4.98 Å². The van der Waals surface area contributed by atoms with Crippen LogP contribution in [0.1, 0.15) is 6.42 Å². The fourth-order valence-corrected chi connectivity index (χ4v) is 1.03. The van der Waals surface area contributed by atoms with E-state index in [1.807, 2.05) is 0 Å². The van der Waals surface area contributed by atoms with Gasteiger partial charge in [-0.05, 0) is 12.1 Å². The van der Waals surface area contributed by atoms with Gasteiger partial charge in [0.2, 0.25) is 5.91 Å². The number of hydrogen-bond donors (Lipinski definition) is 1. The van der Waals surface area contributed by atoms with E-state index >= 15 is 0 Å². The van der Waals surface area contributed by atoms with Crippen LogP contribution in [-0.2, 0) is 4.79 Å². The van der Waals surface area contributed by atoms with Gasteiger partial charge in [0.1, 0.15) is 0 Å². The molecule has 76 valence electrons. The first-order chi connectivity index (χ1) is 6.74. The van der Waals surface area contributed by atoms with Crippen LogP contribution in [0.15, 0.2) is 18.3 Å². The van der Waals surface area contributed by atoms with E-state index in [9.17, 15) is 4.79 Å². The van der Waals surface area contributed by atoms with Gasteiger partial charge in [-0.15, -0.1) is 0 Å². The summed E-state index contributed by atoms with van der Waals surface area (Å²) in [6.07, 6.45) is 1.88. The Balaban J connectivity index is 2.39. The van der Waals surface area contributed by atoms with Crippen LogP contribution in [0.4, 0.5) is 0 Å². The molecule has 0 bridgehead atoms. The van der Waals surface area contributed by atoms with Crippen LogP contribution >= 0.6 is 11.6 Å². The van der Waals surface area contributed by atoms with Gasteiger partial charge < -0.3 is 10.1 Å². The van der Waals surface area contributed by atoms with Crippen molar-refractivity contribution in [1.29, 1.82) is 0 Å². The SMILES string of the molecule is CNC(=O)CCOc1cccnc1Cl. The molecular formula is C9H11ClN2O2. The molecule has 4 nitrogen and oxygen atoms in total. The first-order valence-electron chi connectivity index (χ1n) is 4.18. The van der Waals surface area contributed by atoms with E-state index in [0.29, 0.717) is 23.9 Å². The van der Waals surface area contributed by atoms with Gasteiger partial charge in [-0.1, -0.05) is 11.6 Å². The predicted molar refractivity (Wildman–Crippen MR) is 53.4 cm³/mol. The molecule has 0 atom stereocenters. The number of rotatable bonds is 4. The molecule has 0 unspecified atom stereocenters. The number of pyridine rings is 1. The number of carbonyl (C=O) groups excluding carboxylic acids is 1. The monoisotopic (exact) mass is 214 g/mol. The van der Waals surface area contributed by atoms with E-state index in [4.69, 9.17) is 16.3 Å². The van der Waals surface area contributed by atoms with Crippen molar-refractivity contribution in [3.63, 3.8) is 0 Å². The number of ether oxygens (including phenoxy) is 1. The van der Waals surface area contributed by atoms with Crippen molar-refractivity contribution in [2.24, 2.45) is 0 Å². The van der Waals surface area contributed by atoms with Crippen LogP contribution in [0.25, 0.3) is 0 Å². The summed E-state index contributed by atoms with van der Waals surface area (Å²) in [7, 11) is 1.58. The van der Waals surface area contributed by atoms with Gasteiger partial charge >= 0.3 is 0 Å². The van der Waals surface area contributed by atoms with Crippen molar-refractivity contribution < 1.29 is 9.53 Å². The summed E-state index contributed by atoms with van der Waals surface area (Å²) < 4.78 is 5.25. The van der Waals surface area contributed by atoms with Crippen LogP contribution in [0, 0.1) is 0 Å². The zero-order valence-corrected chi connectivity index (χ0v) is 8.54. The lowest BCUT2D eigenvalue weighted by Crippen LogP contribution is -2.20. The van der Waals surface area contributed by atoms with E-state index in [0.717, 1.165) is 0 Å². The molecule has 14 heavy (non-hydrogen) atoms. The molecule has 0 fully saturated rings. The lowest BCUT2D eigenvalue weighted by molar-refractivity contribution is -0.121.